The van der Waals surface area contributed by atoms with E-state index in [4.69, 9.17) is 14.9 Å². The third-order valence-electron chi connectivity index (χ3n) is 3.97. The number of carbonyl (C=O) groups is 1. The van der Waals surface area contributed by atoms with Crippen LogP contribution in [0.5, 0.6) is 5.75 Å². The molecule has 0 saturated heterocycles. The topological polar surface area (TPSA) is 94.6 Å². The van der Waals surface area contributed by atoms with Crippen LogP contribution in [0.3, 0.4) is 0 Å². The predicted octanol–water partition coefficient (Wildman–Crippen LogP) is 3.58. The Kier molecular flexibility index (Phi) is 5.27. The summed E-state index contributed by atoms with van der Waals surface area (Å²) in [6.45, 7) is 0. The smallest absolute Gasteiger partial charge is 0.412 e. The number of anilines is 1. The normalized spacial score (nSPS) is 10.7. The van der Waals surface area contributed by atoms with Crippen molar-refractivity contribution in [2.75, 3.05) is 12.8 Å². The summed E-state index contributed by atoms with van der Waals surface area (Å²) in [6, 6.07) is 12.4. The number of hydrogen-bond acceptors (Lipinski definition) is 5. The summed E-state index contributed by atoms with van der Waals surface area (Å²) in [6.07, 6.45) is -0.175. The number of halogens is 1. The van der Waals surface area contributed by atoms with E-state index in [1.807, 2.05) is 18.2 Å². The van der Waals surface area contributed by atoms with Crippen LogP contribution in [0.4, 0.5) is 10.5 Å². The fraction of sp³-hybridized carbons (Fsp3) is 0.158. The van der Waals surface area contributed by atoms with Gasteiger partial charge in [0.2, 0.25) is 0 Å². The van der Waals surface area contributed by atoms with Gasteiger partial charge in [-0.1, -0.05) is 28.1 Å². The van der Waals surface area contributed by atoms with Crippen molar-refractivity contribution >= 4 is 38.7 Å². The summed E-state index contributed by atoms with van der Waals surface area (Å²) in [5.41, 5.74) is 8.74. The van der Waals surface area contributed by atoms with Gasteiger partial charge in [-0.15, -0.1) is 0 Å². The van der Waals surface area contributed by atoms with E-state index in [-0.39, 0.29) is 0 Å². The molecule has 3 aromatic rings. The molecule has 0 aliphatic rings. The summed E-state index contributed by atoms with van der Waals surface area (Å²) in [5, 5.41) is 3.64. The van der Waals surface area contributed by atoms with Crippen molar-refractivity contribution in [1.29, 1.82) is 0 Å². The van der Waals surface area contributed by atoms with Crippen LogP contribution < -0.4 is 21.4 Å². The largest absolute Gasteiger partial charge is 0.422 e. The van der Waals surface area contributed by atoms with E-state index in [9.17, 15) is 9.59 Å². The van der Waals surface area contributed by atoms with E-state index >= 15 is 0 Å². The zero-order chi connectivity index (χ0) is 18.7. The molecule has 0 radical (unpaired) electrons. The fourth-order valence-corrected chi connectivity index (χ4v) is 3.38. The Morgan fingerprint density at radius 3 is 2.73 bits per heavy atom. The molecule has 0 unspecified atom stereocenters. The van der Waals surface area contributed by atoms with Crippen molar-refractivity contribution in [3.63, 3.8) is 0 Å². The Morgan fingerprint density at radius 1 is 1.23 bits per heavy atom. The average molecular weight is 417 g/mol. The Hall–Kier alpha value is -2.80. The van der Waals surface area contributed by atoms with Crippen molar-refractivity contribution < 1.29 is 13.9 Å². The van der Waals surface area contributed by atoms with Crippen LogP contribution in [0.25, 0.3) is 11.0 Å². The van der Waals surface area contributed by atoms with Gasteiger partial charge >= 0.3 is 11.7 Å². The standard InChI is InChI=1S/C19H17BrN2O4/c1-22-19(24)25-13-5-6-14-16(10-20)15(18(23)26-17(14)9-13)8-11-3-2-4-12(21)7-11/h2-7,9H,8,10,21H2,1H3,(H,22,24). The van der Waals surface area contributed by atoms with Crippen LogP contribution in [0.2, 0.25) is 0 Å². The van der Waals surface area contributed by atoms with Crippen LogP contribution in [0.15, 0.2) is 51.7 Å². The highest BCUT2D eigenvalue weighted by molar-refractivity contribution is 9.08. The van der Waals surface area contributed by atoms with E-state index in [0.717, 1.165) is 16.5 Å². The summed E-state index contributed by atoms with van der Waals surface area (Å²) < 4.78 is 10.6. The van der Waals surface area contributed by atoms with Crippen molar-refractivity contribution in [1.82, 2.24) is 5.32 Å². The molecule has 6 nitrogen and oxygen atoms in total. The Bertz CT molecular complexity index is 1030. The van der Waals surface area contributed by atoms with Crippen LogP contribution in [-0.2, 0) is 11.8 Å². The van der Waals surface area contributed by atoms with Gasteiger partial charge in [0, 0.05) is 41.5 Å². The van der Waals surface area contributed by atoms with Gasteiger partial charge in [0.25, 0.3) is 0 Å². The molecular weight excluding hydrogens is 400 g/mol. The molecule has 0 spiro atoms. The molecule has 0 fully saturated rings. The van der Waals surface area contributed by atoms with E-state index in [2.05, 4.69) is 21.2 Å². The van der Waals surface area contributed by atoms with Crippen molar-refractivity contribution in [2.45, 2.75) is 11.8 Å². The highest BCUT2D eigenvalue weighted by Crippen LogP contribution is 2.27. The lowest BCUT2D eigenvalue weighted by Gasteiger charge is -2.11. The highest BCUT2D eigenvalue weighted by atomic mass is 79.9. The summed E-state index contributed by atoms with van der Waals surface area (Å²) in [7, 11) is 1.47. The second-order valence-electron chi connectivity index (χ2n) is 5.70. The first-order valence-corrected chi connectivity index (χ1v) is 9.02. The molecule has 1 aromatic heterocycles. The maximum Gasteiger partial charge on any atom is 0.412 e. The minimum Gasteiger partial charge on any atom is -0.422 e. The molecule has 134 valence electrons. The van der Waals surface area contributed by atoms with Gasteiger partial charge in [0.1, 0.15) is 11.3 Å². The lowest BCUT2D eigenvalue weighted by Crippen LogP contribution is -2.22. The Balaban J connectivity index is 2.07. The zero-order valence-electron chi connectivity index (χ0n) is 14.0. The number of nitrogen functional groups attached to an aromatic ring is 1. The predicted molar refractivity (Wildman–Crippen MR) is 104 cm³/mol. The molecule has 0 aliphatic carbocycles. The monoisotopic (exact) mass is 416 g/mol. The molecule has 7 heteroatoms. The van der Waals surface area contributed by atoms with E-state index in [1.54, 1.807) is 18.2 Å². The molecule has 2 aromatic carbocycles. The molecule has 26 heavy (non-hydrogen) atoms. The molecule has 0 saturated carbocycles. The molecule has 1 amide bonds. The minimum atomic E-state index is -0.592. The second kappa shape index (κ2) is 7.61. The number of nitrogens with one attached hydrogen (secondary N) is 1. The number of carbonyl (C=O) groups excluding carboxylic acids is 1. The zero-order valence-corrected chi connectivity index (χ0v) is 15.6. The third-order valence-corrected chi connectivity index (χ3v) is 4.53. The number of benzene rings is 2. The molecule has 3 rings (SSSR count). The fourth-order valence-electron chi connectivity index (χ4n) is 2.74. The Labute approximate surface area is 158 Å². The molecule has 1 heterocycles. The lowest BCUT2D eigenvalue weighted by atomic mass is 9.99. The van der Waals surface area contributed by atoms with Gasteiger partial charge in [-0.05, 0) is 35.4 Å². The van der Waals surface area contributed by atoms with Crippen LogP contribution >= 0.6 is 15.9 Å². The minimum absolute atomic E-state index is 0.295. The van der Waals surface area contributed by atoms with Crippen molar-refractivity contribution in [3.05, 3.63) is 69.6 Å². The molecule has 0 atom stereocenters. The van der Waals surface area contributed by atoms with Gasteiger partial charge in [0.15, 0.2) is 0 Å². The quantitative estimate of drug-likeness (QED) is 0.385. The number of fused-ring (bicyclic) bond motifs is 1. The van der Waals surface area contributed by atoms with E-state index in [0.29, 0.717) is 34.3 Å². The maximum absolute atomic E-state index is 12.6. The SMILES string of the molecule is CNC(=O)Oc1ccc2c(CBr)c(Cc3cccc(N)c3)c(=O)oc2c1. The van der Waals surface area contributed by atoms with E-state index < -0.39 is 11.7 Å². The van der Waals surface area contributed by atoms with Crippen LogP contribution in [0, 0.1) is 0 Å². The first-order valence-electron chi connectivity index (χ1n) is 7.90. The number of ether oxygens (including phenoxy) is 1. The highest BCUT2D eigenvalue weighted by Gasteiger charge is 2.15. The Morgan fingerprint density at radius 2 is 2.04 bits per heavy atom. The molecular formula is C19H17BrN2O4. The van der Waals surface area contributed by atoms with Crippen LogP contribution in [-0.4, -0.2) is 13.1 Å². The van der Waals surface area contributed by atoms with Gasteiger partial charge < -0.3 is 20.2 Å². The number of alkyl halides is 1. The van der Waals surface area contributed by atoms with Crippen molar-refractivity contribution in [3.8, 4) is 5.75 Å². The van der Waals surface area contributed by atoms with Gasteiger partial charge in [-0.3, -0.25) is 0 Å². The number of rotatable bonds is 4. The second-order valence-corrected chi connectivity index (χ2v) is 6.26. The maximum atomic E-state index is 12.6. The van der Waals surface area contributed by atoms with Gasteiger partial charge in [-0.25, -0.2) is 9.59 Å². The average Bonchev–Trinajstić information content (AvgIpc) is 2.62. The van der Waals surface area contributed by atoms with Crippen molar-refractivity contribution in [2.24, 2.45) is 0 Å². The summed E-state index contributed by atoms with van der Waals surface area (Å²) in [4.78, 5) is 23.9. The molecule has 0 aliphatic heterocycles. The van der Waals surface area contributed by atoms with E-state index in [1.165, 1.54) is 13.1 Å². The first kappa shape index (κ1) is 18.0. The van der Waals surface area contributed by atoms with Gasteiger partial charge in [0.05, 0.1) is 0 Å². The third kappa shape index (κ3) is 3.72. The number of amides is 1. The van der Waals surface area contributed by atoms with Crippen LogP contribution in [0.1, 0.15) is 16.7 Å². The lowest BCUT2D eigenvalue weighted by molar-refractivity contribution is 0.203. The van der Waals surface area contributed by atoms with Gasteiger partial charge in [-0.2, -0.15) is 0 Å². The first-order chi connectivity index (χ1) is 12.5. The summed E-state index contributed by atoms with van der Waals surface area (Å²) in [5.74, 6) is 0.295. The molecule has 3 N–H and O–H groups in total. The summed E-state index contributed by atoms with van der Waals surface area (Å²) >= 11 is 3.46. The number of nitrogens with two attached hydrogens (primary N) is 1. The molecule has 0 bridgehead atoms. The number of hydrogen-bond donors (Lipinski definition) is 2.